The van der Waals surface area contributed by atoms with Crippen molar-refractivity contribution in [3.8, 4) is 0 Å². The van der Waals surface area contributed by atoms with Crippen molar-refractivity contribution < 1.29 is 19.0 Å². The van der Waals surface area contributed by atoms with Gasteiger partial charge >= 0.3 is 6.09 Å². The van der Waals surface area contributed by atoms with Crippen LogP contribution >= 0.6 is 0 Å². The van der Waals surface area contributed by atoms with Gasteiger partial charge < -0.3 is 24.4 Å². The first-order valence-electron chi connectivity index (χ1n) is 14.5. The van der Waals surface area contributed by atoms with E-state index in [1.54, 1.807) is 6.20 Å². The highest BCUT2D eigenvalue weighted by molar-refractivity contribution is 6.76. The van der Waals surface area contributed by atoms with Crippen LogP contribution in [0.15, 0.2) is 24.4 Å². The summed E-state index contributed by atoms with van der Waals surface area (Å²) in [5, 5.41) is 7.57. The number of hydrogen-bond donors (Lipinski definition) is 1. The van der Waals surface area contributed by atoms with Gasteiger partial charge in [0.05, 0.1) is 11.9 Å². The van der Waals surface area contributed by atoms with Gasteiger partial charge in [0, 0.05) is 47.5 Å². The van der Waals surface area contributed by atoms with Crippen LogP contribution in [-0.2, 0) is 14.2 Å². The zero-order chi connectivity index (χ0) is 29.6. The maximum atomic E-state index is 12.2. The number of alkyl carbamates (subject to hydrolysis) is 1. The summed E-state index contributed by atoms with van der Waals surface area (Å²) in [6.07, 6.45) is 5.98. The lowest BCUT2D eigenvalue weighted by atomic mass is 9.93. The SMILES string of the molecule is CC(C)(C)OC(=O)NC1CC=C(c2cc(N(COCC[Si](C)(C)C)COCC[Si](C)(C)C)n3nccc3n2)CC1. The fourth-order valence-electron chi connectivity index (χ4n) is 4.23. The van der Waals surface area contributed by atoms with E-state index < -0.39 is 21.7 Å². The Kier molecular flexibility index (Phi) is 11.0. The Morgan fingerprint density at radius 2 is 1.70 bits per heavy atom. The normalized spacial score (nSPS) is 16.6. The first-order valence-corrected chi connectivity index (χ1v) is 22.0. The van der Waals surface area contributed by atoms with E-state index in [-0.39, 0.29) is 12.1 Å². The van der Waals surface area contributed by atoms with Gasteiger partial charge in [-0.15, -0.1) is 0 Å². The van der Waals surface area contributed by atoms with E-state index in [1.165, 1.54) is 5.57 Å². The molecular formula is C29H51N5O4Si2. The van der Waals surface area contributed by atoms with Gasteiger partial charge in [0.15, 0.2) is 5.65 Å². The molecule has 2 aromatic rings. The lowest BCUT2D eigenvalue weighted by molar-refractivity contribution is 0.0502. The van der Waals surface area contributed by atoms with Gasteiger partial charge in [-0.05, 0) is 57.7 Å². The van der Waals surface area contributed by atoms with Crippen LogP contribution in [0, 0.1) is 0 Å². The van der Waals surface area contributed by atoms with Gasteiger partial charge in [0.1, 0.15) is 24.9 Å². The van der Waals surface area contributed by atoms with Crippen molar-refractivity contribution in [3.63, 3.8) is 0 Å². The van der Waals surface area contributed by atoms with E-state index in [9.17, 15) is 4.79 Å². The van der Waals surface area contributed by atoms with Crippen LogP contribution in [0.2, 0.25) is 51.4 Å². The molecule has 224 valence electrons. The zero-order valence-corrected chi connectivity index (χ0v) is 28.2. The number of anilines is 1. The molecule has 0 saturated heterocycles. The van der Waals surface area contributed by atoms with Crippen molar-refractivity contribution in [1.82, 2.24) is 19.9 Å². The highest BCUT2D eigenvalue weighted by atomic mass is 28.3. The molecule has 9 nitrogen and oxygen atoms in total. The van der Waals surface area contributed by atoms with Gasteiger partial charge in [-0.25, -0.2) is 9.78 Å². The van der Waals surface area contributed by atoms with Gasteiger partial charge in [-0.3, -0.25) is 0 Å². The first kappa shape index (κ1) is 32.3. The number of carbonyl (C=O) groups is 1. The minimum Gasteiger partial charge on any atom is -0.444 e. The molecule has 1 amide bonds. The molecule has 40 heavy (non-hydrogen) atoms. The van der Waals surface area contributed by atoms with E-state index in [0.29, 0.717) is 13.5 Å². The highest BCUT2D eigenvalue weighted by Gasteiger charge is 2.24. The van der Waals surface area contributed by atoms with Gasteiger partial charge in [-0.2, -0.15) is 9.61 Å². The maximum absolute atomic E-state index is 12.2. The van der Waals surface area contributed by atoms with Crippen molar-refractivity contribution >= 4 is 39.3 Å². The Labute approximate surface area is 242 Å². The topological polar surface area (TPSA) is 90.2 Å². The van der Waals surface area contributed by atoms with Crippen molar-refractivity contribution in [1.29, 1.82) is 0 Å². The number of fused-ring (bicyclic) bond motifs is 1. The second-order valence-corrected chi connectivity index (χ2v) is 25.4. The summed E-state index contributed by atoms with van der Waals surface area (Å²) < 4.78 is 19.7. The quantitative estimate of drug-likeness (QED) is 0.159. The molecule has 0 spiro atoms. The molecule has 1 aliphatic rings. The second-order valence-electron chi connectivity index (χ2n) is 14.2. The summed E-state index contributed by atoms with van der Waals surface area (Å²) in [5.41, 5.74) is 2.37. The summed E-state index contributed by atoms with van der Waals surface area (Å²) in [6.45, 7) is 22.1. The predicted molar refractivity (Wildman–Crippen MR) is 168 cm³/mol. The summed E-state index contributed by atoms with van der Waals surface area (Å²) in [5.74, 6) is 0.904. The molecule has 2 heterocycles. The first-order chi connectivity index (χ1) is 18.6. The standard InChI is InChI=1S/C29H51N5O4Si2/c1-29(2,3)38-28(35)31-24-12-10-23(11-13-24)25-20-27(34-26(32-25)14-15-30-34)33(21-36-16-18-39(4,5)6)22-37-17-19-40(7,8)9/h10,14-15,20,24H,11-13,16-19,21-22H2,1-9H3,(H,31,35). The maximum Gasteiger partial charge on any atom is 0.407 e. The van der Waals surface area contributed by atoms with Crippen LogP contribution < -0.4 is 10.2 Å². The molecule has 3 rings (SSSR count). The number of hydrogen-bond acceptors (Lipinski definition) is 7. The summed E-state index contributed by atoms with van der Waals surface area (Å²) in [4.78, 5) is 19.3. The Morgan fingerprint density at radius 3 is 2.23 bits per heavy atom. The molecule has 1 aliphatic carbocycles. The van der Waals surface area contributed by atoms with E-state index in [2.05, 4.69) is 66.7 Å². The minimum absolute atomic E-state index is 0.0489. The van der Waals surface area contributed by atoms with Crippen LogP contribution in [0.1, 0.15) is 45.7 Å². The molecule has 1 N–H and O–H groups in total. The average molecular weight is 590 g/mol. The van der Waals surface area contributed by atoms with Crippen molar-refractivity contribution in [2.24, 2.45) is 0 Å². The van der Waals surface area contributed by atoms with Gasteiger partial charge in [0.2, 0.25) is 0 Å². The van der Waals surface area contributed by atoms with Crippen LogP contribution in [0.25, 0.3) is 11.2 Å². The molecular weight excluding hydrogens is 539 g/mol. The van der Waals surface area contributed by atoms with E-state index in [4.69, 9.17) is 19.2 Å². The van der Waals surface area contributed by atoms with Gasteiger partial charge in [-0.1, -0.05) is 45.4 Å². The lowest BCUT2D eigenvalue weighted by Crippen LogP contribution is -2.39. The lowest BCUT2D eigenvalue weighted by Gasteiger charge is -2.28. The number of ether oxygens (including phenoxy) is 3. The van der Waals surface area contributed by atoms with Crippen LogP contribution in [0.5, 0.6) is 0 Å². The summed E-state index contributed by atoms with van der Waals surface area (Å²) >= 11 is 0. The number of nitrogens with one attached hydrogen (secondary N) is 1. The molecule has 0 saturated carbocycles. The van der Waals surface area contributed by atoms with E-state index >= 15 is 0 Å². The van der Waals surface area contributed by atoms with E-state index in [1.807, 2.05) is 31.4 Å². The third-order valence-corrected chi connectivity index (χ3v) is 10.0. The smallest absolute Gasteiger partial charge is 0.407 e. The summed E-state index contributed by atoms with van der Waals surface area (Å²) in [6, 6.07) is 6.30. The second kappa shape index (κ2) is 13.6. The molecule has 1 unspecified atom stereocenters. The number of nitrogens with zero attached hydrogens (tertiary/aromatic N) is 4. The Morgan fingerprint density at radius 1 is 1.07 bits per heavy atom. The number of rotatable bonds is 13. The zero-order valence-electron chi connectivity index (χ0n) is 26.2. The molecule has 2 aromatic heterocycles. The monoisotopic (exact) mass is 589 g/mol. The molecule has 0 bridgehead atoms. The fourth-order valence-corrected chi connectivity index (χ4v) is 5.75. The third kappa shape index (κ3) is 11.0. The average Bonchev–Trinajstić information content (AvgIpc) is 3.29. The van der Waals surface area contributed by atoms with Crippen molar-refractivity contribution in [2.45, 2.75) is 103 Å². The molecule has 11 heteroatoms. The Bertz CT molecular complexity index is 1130. The predicted octanol–water partition coefficient (Wildman–Crippen LogP) is 6.62. The van der Waals surface area contributed by atoms with Crippen molar-refractivity contribution in [3.05, 3.63) is 30.1 Å². The van der Waals surface area contributed by atoms with Crippen LogP contribution in [0.4, 0.5) is 10.6 Å². The molecule has 0 aliphatic heterocycles. The Hall–Kier alpha value is -2.22. The Balaban J connectivity index is 1.77. The molecule has 1 atom stereocenters. The number of allylic oxidation sites excluding steroid dienone is 1. The number of amides is 1. The summed E-state index contributed by atoms with van der Waals surface area (Å²) in [7, 11) is -2.38. The molecule has 0 fully saturated rings. The number of aromatic nitrogens is 3. The highest BCUT2D eigenvalue weighted by Crippen LogP contribution is 2.29. The molecule has 0 radical (unpaired) electrons. The van der Waals surface area contributed by atoms with Crippen LogP contribution in [-0.4, -0.2) is 75.2 Å². The number of carbonyl (C=O) groups excluding carboxylic acids is 1. The van der Waals surface area contributed by atoms with Crippen molar-refractivity contribution in [2.75, 3.05) is 31.6 Å². The van der Waals surface area contributed by atoms with E-state index in [0.717, 1.165) is 61.7 Å². The van der Waals surface area contributed by atoms with Crippen LogP contribution in [0.3, 0.4) is 0 Å². The van der Waals surface area contributed by atoms with Gasteiger partial charge in [0.25, 0.3) is 0 Å². The molecule has 0 aromatic carbocycles. The minimum atomic E-state index is -1.19. The fraction of sp³-hybridized carbons (Fsp3) is 0.690. The third-order valence-electron chi connectivity index (χ3n) is 6.61. The largest absolute Gasteiger partial charge is 0.444 e.